The number of hydrogen-bond acceptors (Lipinski definition) is 4. The molecule has 1 N–H and O–H groups in total. The van der Waals surface area contributed by atoms with Gasteiger partial charge in [0.15, 0.2) is 0 Å². The summed E-state index contributed by atoms with van der Waals surface area (Å²) in [7, 11) is 0. The maximum atomic E-state index is 12.5. The van der Waals surface area contributed by atoms with Gasteiger partial charge in [0.2, 0.25) is 5.91 Å². The maximum Gasteiger partial charge on any atom is 0.237 e. The first kappa shape index (κ1) is 21.7. The third kappa shape index (κ3) is 6.21. The number of aromatic nitrogens is 1. The fourth-order valence-corrected chi connectivity index (χ4v) is 3.71. The summed E-state index contributed by atoms with van der Waals surface area (Å²) in [6.45, 7) is 1.83. The Kier molecular flexibility index (Phi) is 7.56. The van der Waals surface area contributed by atoms with Gasteiger partial charge in [0, 0.05) is 27.9 Å². The smallest absolute Gasteiger partial charge is 0.237 e. The van der Waals surface area contributed by atoms with Crippen LogP contribution in [0.5, 0.6) is 0 Å². The largest absolute Gasteiger partial charge is 0.324 e. The van der Waals surface area contributed by atoms with Gasteiger partial charge in [0.1, 0.15) is 5.15 Å². The van der Waals surface area contributed by atoms with Crippen molar-refractivity contribution in [1.29, 1.82) is 0 Å². The van der Waals surface area contributed by atoms with Crippen LogP contribution in [0.25, 0.3) is 0 Å². The number of rotatable bonds is 6. The summed E-state index contributed by atoms with van der Waals surface area (Å²) in [5.74, 6) is -0.160. The molecule has 4 nitrogen and oxygen atoms in total. The molecule has 148 valence electrons. The number of aliphatic imine (C=N–C) groups is 1. The van der Waals surface area contributed by atoms with Gasteiger partial charge in [0.05, 0.1) is 21.6 Å². The number of halogens is 3. The SMILES string of the molecule is CC(Sc1ccc(N=Cc2cccnc2Cl)cc1)C(=O)Nc1cc(Cl)ccc1Cl. The number of anilines is 1. The Morgan fingerprint density at radius 2 is 1.90 bits per heavy atom. The number of nitrogens with one attached hydrogen (secondary N) is 1. The summed E-state index contributed by atoms with van der Waals surface area (Å²) >= 11 is 19.5. The zero-order valence-corrected chi connectivity index (χ0v) is 18.4. The van der Waals surface area contributed by atoms with E-state index in [1.807, 2.05) is 37.3 Å². The topological polar surface area (TPSA) is 54.4 Å². The van der Waals surface area contributed by atoms with Crippen LogP contribution >= 0.6 is 46.6 Å². The summed E-state index contributed by atoms with van der Waals surface area (Å²) in [5.41, 5.74) is 2.02. The number of hydrogen-bond donors (Lipinski definition) is 1. The van der Waals surface area contributed by atoms with E-state index in [4.69, 9.17) is 34.8 Å². The fourth-order valence-electron chi connectivity index (χ4n) is 2.33. The van der Waals surface area contributed by atoms with Crippen LogP contribution in [0.1, 0.15) is 12.5 Å². The molecular weight excluding hydrogens is 449 g/mol. The summed E-state index contributed by atoms with van der Waals surface area (Å²) in [5, 5.41) is 3.84. The van der Waals surface area contributed by atoms with Crippen LogP contribution in [0, 0.1) is 0 Å². The first-order valence-electron chi connectivity index (χ1n) is 8.59. The predicted molar refractivity (Wildman–Crippen MR) is 123 cm³/mol. The molecule has 8 heteroatoms. The Balaban J connectivity index is 1.61. The van der Waals surface area contributed by atoms with E-state index in [9.17, 15) is 4.79 Å². The van der Waals surface area contributed by atoms with Crippen molar-refractivity contribution in [3.05, 3.63) is 81.6 Å². The van der Waals surface area contributed by atoms with Gasteiger partial charge < -0.3 is 5.32 Å². The highest BCUT2D eigenvalue weighted by Crippen LogP contribution is 2.29. The van der Waals surface area contributed by atoms with Gasteiger partial charge in [-0.3, -0.25) is 9.79 Å². The standard InChI is InChI=1S/C21H16Cl3N3OS/c1-13(21(28)27-19-11-15(22)4-9-18(19)23)29-17-7-5-16(6-8-17)26-12-14-3-2-10-25-20(14)24/h2-13H,1H3,(H,27,28). The van der Waals surface area contributed by atoms with Crippen molar-refractivity contribution < 1.29 is 4.79 Å². The van der Waals surface area contributed by atoms with Crippen molar-refractivity contribution in [2.45, 2.75) is 17.1 Å². The highest BCUT2D eigenvalue weighted by atomic mass is 35.5. The minimum Gasteiger partial charge on any atom is -0.324 e. The number of pyridine rings is 1. The van der Waals surface area contributed by atoms with E-state index in [1.165, 1.54) is 11.8 Å². The van der Waals surface area contributed by atoms with Gasteiger partial charge in [0.25, 0.3) is 0 Å². The van der Waals surface area contributed by atoms with E-state index in [2.05, 4.69) is 15.3 Å². The molecule has 0 fully saturated rings. The van der Waals surface area contributed by atoms with Crippen LogP contribution in [-0.4, -0.2) is 22.4 Å². The normalized spacial score (nSPS) is 12.1. The van der Waals surface area contributed by atoms with Crippen molar-refractivity contribution >= 4 is 70.1 Å². The molecule has 0 saturated carbocycles. The van der Waals surface area contributed by atoms with Crippen molar-refractivity contribution in [3.63, 3.8) is 0 Å². The van der Waals surface area contributed by atoms with Crippen LogP contribution in [0.2, 0.25) is 15.2 Å². The molecule has 0 aliphatic heterocycles. The molecule has 0 saturated heterocycles. The molecule has 0 bridgehead atoms. The second kappa shape index (κ2) is 10.1. The van der Waals surface area contributed by atoms with Gasteiger partial charge >= 0.3 is 0 Å². The number of benzene rings is 2. The molecule has 0 aliphatic carbocycles. The quantitative estimate of drug-likeness (QED) is 0.245. The lowest BCUT2D eigenvalue weighted by molar-refractivity contribution is -0.115. The summed E-state index contributed by atoms with van der Waals surface area (Å²) in [6, 6.07) is 16.2. The van der Waals surface area contributed by atoms with Crippen molar-refractivity contribution in [2.75, 3.05) is 5.32 Å². The Labute approximate surface area is 188 Å². The van der Waals surface area contributed by atoms with E-state index in [0.29, 0.717) is 20.9 Å². The van der Waals surface area contributed by atoms with Crippen LogP contribution in [0.15, 0.2) is 70.7 Å². The Bertz CT molecular complexity index is 1040. The predicted octanol–water partition coefficient (Wildman–Crippen LogP) is 6.91. The third-order valence-electron chi connectivity index (χ3n) is 3.85. The van der Waals surface area contributed by atoms with Crippen LogP contribution in [0.4, 0.5) is 11.4 Å². The van der Waals surface area contributed by atoms with E-state index in [1.54, 1.807) is 36.7 Å². The Morgan fingerprint density at radius 1 is 1.14 bits per heavy atom. The first-order chi connectivity index (χ1) is 13.9. The number of nitrogens with zero attached hydrogens (tertiary/aromatic N) is 2. The molecule has 3 aromatic rings. The van der Waals surface area contributed by atoms with E-state index in [0.717, 1.165) is 16.1 Å². The van der Waals surface area contributed by atoms with Crippen LogP contribution < -0.4 is 5.32 Å². The molecule has 1 atom stereocenters. The summed E-state index contributed by atoms with van der Waals surface area (Å²) in [6.07, 6.45) is 3.30. The van der Waals surface area contributed by atoms with Gasteiger partial charge in [-0.25, -0.2) is 4.98 Å². The highest BCUT2D eigenvalue weighted by Gasteiger charge is 2.16. The molecule has 1 aromatic heterocycles. The molecule has 1 amide bonds. The number of thioether (sulfide) groups is 1. The monoisotopic (exact) mass is 463 g/mol. The molecule has 0 aliphatic rings. The zero-order chi connectivity index (χ0) is 20.8. The molecule has 1 unspecified atom stereocenters. The van der Waals surface area contributed by atoms with Crippen molar-refractivity contribution in [2.24, 2.45) is 4.99 Å². The van der Waals surface area contributed by atoms with E-state index in [-0.39, 0.29) is 11.2 Å². The lowest BCUT2D eigenvalue weighted by atomic mass is 10.3. The molecule has 0 radical (unpaired) electrons. The average molecular weight is 465 g/mol. The van der Waals surface area contributed by atoms with Crippen molar-refractivity contribution in [3.8, 4) is 0 Å². The minimum atomic E-state index is -0.325. The number of amides is 1. The second-order valence-electron chi connectivity index (χ2n) is 6.01. The van der Waals surface area contributed by atoms with E-state index >= 15 is 0 Å². The lowest BCUT2D eigenvalue weighted by Crippen LogP contribution is -2.22. The number of carbonyl (C=O) groups excluding carboxylic acids is 1. The Morgan fingerprint density at radius 3 is 2.62 bits per heavy atom. The summed E-state index contributed by atoms with van der Waals surface area (Å²) in [4.78, 5) is 21.8. The van der Waals surface area contributed by atoms with Crippen LogP contribution in [-0.2, 0) is 4.79 Å². The molecule has 0 spiro atoms. The first-order valence-corrected chi connectivity index (χ1v) is 10.6. The molecule has 29 heavy (non-hydrogen) atoms. The van der Waals surface area contributed by atoms with Gasteiger partial charge in [-0.1, -0.05) is 34.8 Å². The number of carbonyl (C=O) groups is 1. The van der Waals surface area contributed by atoms with Gasteiger partial charge in [-0.2, -0.15) is 0 Å². The third-order valence-corrected chi connectivity index (χ3v) is 5.84. The molecule has 3 rings (SSSR count). The van der Waals surface area contributed by atoms with Gasteiger partial charge in [-0.05, 0) is 61.5 Å². The summed E-state index contributed by atoms with van der Waals surface area (Å²) < 4.78 is 0. The highest BCUT2D eigenvalue weighted by molar-refractivity contribution is 8.00. The lowest BCUT2D eigenvalue weighted by Gasteiger charge is -2.13. The zero-order valence-electron chi connectivity index (χ0n) is 15.3. The molecule has 2 aromatic carbocycles. The van der Waals surface area contributed by atoms with Crippen molar-refractivity contribution in [1.82, 2.24) is 4.98 Å². The van der Waals surface area contributed by atoms with Crippen LogP contribution in [0.3, 0.4) is 0 Å². The fraction of sp³-hybridized carbons (Fsp3) is 0.0952. The molecular formula is C21H16Cl3N3OS. The molecule has 1 heterocycles. The minimum absolute atomic E-state index is 0.160. The van der Waals surface area contributed by atoms with E-state index < -0.39 is 0 Å². The second-order valence-corrected chi connectivity index (χ2v) is 8.62. The maximum absolute atomic E-state index is 12.5. The average Bonchev–Trinajstić information content (AvgIpc) is 2.71. The Hall–Kier alpha value is -2.05. The van der Waals surface area contributed by atoms with Gasteiger partial charge in [-0.15, -0.1) is 11.8 Å².